The number of carbonyl (C=O) groups is 2. The number of carbonyl (C=O) groups excluding carboxylic acids is 2. The molecule has 0 saturated heterocycles. The van der Waals surface area contributed by atoms with E-state index in [-0.39, 0.29) is 5.56 Å². The number of hydrogen-bond donors (Lipinski definition) is 0. The number of hydrogen-bond acceptors (Lipinski definition) is 5. The fraction of sp³-hybridized carbons (Fsp3) is 0.263. The summed E-state index contributed by atoms with van der Waals surface area (Å²) in [7, 11) is 1.56. The fourth-order valence-corrected chi connectivity index (χ4v) is 1.98. The Labute approximate surface area is 141 Å². The highest BCUT2D eigenvalue weighted by molar-refractivity contribution is 5.96. The third-order valence-electron chi connectivity index (χ3n) is 3.34. The largest absolute Gasteiger partial charge is 0.497 e. The molecule has 0 amide bonds. The lowest BCUT2D eigenvalue weighted by Gasteiger charge is -2.07. The molecule has 0 aliphatic rings. The van der Waals surface area contributed by atoms with Crippen molar-refractivity contribution in [2.24, 2.45) is 0 Å². The third-order valence-corrected chi connectivity index (χ3v) is 3.34. The first kappa shape index (κ1) is 17.5. The Morgan fingerprint density at radius 1 is 0.917 bits per heavy atom. The number of ether oxygens (including phenoxy) is 3. The number of rotatable bonds is 7. The zero-order chi connectivity index (χ0) is 17.4. The molecule has 126 valence electrons. The minimum Gasteiger partial charge on any atom is -0.497 e. The van der Waals surface area contributed by atoms with E-state index in [1.807, 2.05) is 6.92 Å². The van der Waals surface area contributed by atoms with Crippen LogP contribution < -0.4 is 9.47 Å². The van der Waals surface area contributed by atoms with Crippen molar-refractivity contribution in [2.75, 3.05) is 13.7 Å². The summed E-state index contributed by atoms with van der Waals surface area (Å²) in [5.41, 5.74) is 0.617. The predicted octanol–water partition coefficient (Wildman–Crippen LogP) is 3.87. The van der Waals surface area contributed by atoms with E-state index in [2.05, 4.69) is 0 Å². The molecule has 0 heterocycles. The molecule has 0 radical (unpaired) electrons. The van der Waals surface area contributed by atoms with Gasteiger partial charge in [0, 0.05) is 0 Å². The van der Waals surface area contributed by atoms with Crippen molar-refractivity contribution in [3.63, 3.8) is 0 Å². The van der Waals surface area contributed by atoms with Gasteiger partial charge < -0.3 is 14.2 Å². The standard InChI is InChI=1S/C19H20O5/c1-3-4-12-23-18(20)14-6-5-7-15(13-14)19(21)24-17-10-8-16(22-2)9-11-17/h5-11,13H,3-4,12H2,1-2H3. The third kappa shape index (κ3) is 4.84. The number of benzene rings is 2. The molecule has 0 bridgehead atoms. The van der Waals surface area contributed by atoms with Crippen LogP contribution in [-0.2, 0) is 4.74 Å². The van der Waals surface area contributed by atoms with Crippen LogP contribution in [0.3, 0.4) is 0 Å². The van der Waals surface area contributed by atoms with Crippen molar-refractivity contribution < 1.29 is 23.8 Å². The van der Waals surface area contributed by atoms with E-state index in [4.69, 9.17) is 14.2 Å². The summed E-state index contributed by atoms with van der Waals surface area (Å²) in [6.07, 6.45) is 1.76. The molecular formula is C19H20O5. The van der Waals surface area contributed by atoms with Gasteiger partial charge in [-0.25, -0.2) is 9.59 Å². The lowest BCUT2D eigenvalue weighted by atomic mass is 10.1. The quantitative estimate of drug-likeness (QED) is 0.438. The highest BCUT2D eigenvalue weighted by Crippen LogP contribution is 2.18. The lowest BCUT2D eigenvalue weighted by Crippen LogP contribution is -2.11. The maximum atomic E-state index is 12.2. The summed E-state index contributed by atoms with van der Waals surface area (Å²) in [5.74, 6) is 0.0919. The summed E-state index contributed by atoms with van der Waals surface area (Å²) in [4.78, 5) is 24.1. The first-order chi connectivity index (χ1) is 11.6. The molecule has 0 fully saturated rings. The SMILES string of the molecule is CCCCOC(=O)c1cccc(C(=O)Oc2ccc(OC)cc2)c1. The van der Waals surface area contributed by atoms with E-state index >= 15 is 0 Å². The van der Waals surface area contributed by atoms with Crippen LogP contribution in [0.1, 0.15) is 40.5 Å². The second-order valence-electron chi connectivity index (χ2n) is 5.14. The van der Waals surface area contributed by atoms with Crippen molar-refractivity contribution in [3.8, 4) is 11.5 Å². The number of esters is 2. The molecular weight excluding hydrogens is 308 g/mol. The fourth-order valence-electron chi connectivity index (χ4n) is 1.98. The maximum absolute atomic E-state index is 12.2. The Hall–Kier alpha value is -2.82. The number of methoxy groups -OCH3 is 1. The number of unbranched alkanes of at least 4 members (excludes halogenated alkanes) is 1. The monoisotopic (exact) mass is 328 g/mol. The molecule has 5 heteroatoms. The second kappa shape index (κ2) is 8.72. The van der Waals surface area contributed by atoms with Crippen LogP contribution >= 0.6 is 0 Å². The second-order valence-corrected chi connectivity index (χ2v) is 5.14. The van der Waals surface area contributed by atoms with Gasteiger partial charge in [-0.1, -0.05) is 19.4 Å². The van der Waals surface area contributed by atoms with Gasteiger partial charge in [0.25, 0.3) is 0 Å². The van der Waals surface area contributed by atoms with Crippen LogP contribution in [0.2, 0.25) is 0 Å². The van der Waals surface area contributed by atoms with Gasteiger partial charge in [0.2, 0.25) is 0 Å². The van der Waals surface area contributed by atoms with E-state index in [1.54, 1.807) is 49.6 Å². The Bertz CT molecular complexity index is 691. The normalized spacial score (nSPS) is 10.1. The van der Waals surface area contributed by atoms with Gasteiger partial charge in [-0.15, -0.1) is 0 Å². The molecule has 0 aromatic heterocycles. The van der Waals surface area contributed by atoms with Crippen LogP contribution in [0.5, 0.6) is 11.5 Å². The zero-order valence-corrected chi connectivity index (χ0v) is 13.8. The van der Waals surface area contributed by atoms with Gasteiger partial charge in [-0.2, -0.15) is 0 Å². The summed E-state index contributed by atoms with van der Waals surface area (Å²) in [6.45, 7) is 2.39. The molecule has 0 saturated carbocycles. The summed E-state index contributed by atoms with van der Waals surface area (Å²) >= 11 is 0. The van der Waals surface area contributed by atoms with E-state index in [1.165, 1.54) is 6.07 Å². The molecule has 0 atom stereocenters. The predicted molar refractivity (Wildman–Crippen MR) is 89.6 cm³/mol. The Kier molecular flexibility index (Phi) is 6.37. The summed E-state index contributed by atoms with van der Waals surface area (Å²) < 4.78 is 15.5. The van der Waals surface area contributed by atoms with E-state index in [0.717, 1.165) is 12.8 Å². The molecule has 2 aromatic rings. The van der Waals surface area contributed by atoms with Crippen molar-refractivity contribution >= 4 is 11.9 Å². The van der Waals surface area contributed by atoms with Crippen LogP contribution in [0.4, 0.5) is 0 Å². The molecule has 0 spiro atoms. The topological polar surface area (TPSA) is 61.8 Å². The Balaban J connectivity index is 2.03. The lowest BCUT2D eigenvalue weighted by molar-refractivity contribution is 0.0499. The summed E-state index contributed by atoms with van der Waals surface area (Å²) in [6, 6.07) is 13.0. The van der Waals surface area contributed by atoms with Crippen LogP contribution in [0, 0.1) is 0 Å². The van der Waals surface area contributed by atoms with E-state index in [0.29, 0.717) is 23.7 Å². The van der Waals surface area contributed by atoms with Crippen molar-refractivity contribution in [3.05, 3.63) is 59.7 Å². The average molecular weight is 328 g/mol. The van der Waals surface area contributed by atoms with Gasteiger partial charge >= 0.3 is 11.9 Å². The Morgan fingerprint density at radius 2 is 1.54 bits per heavy atom. The van der Waals surface area contributed by atoms with Gasteiger partial charge in [0.15, 0.2) is 0 Å². The molecule has 0 unspecified atom stereocenters. The van der Waals surface area contributed by atoms with E-state index < -0.39 is 11.9 Å². The van der Waals surface area contributed by atoms with Crippen LogP contribution in [0.15, 0.2) is 48.5 Å². The molecule has 0 aliphatic carbocycles. The first-order valence-electron chi connectivity index (χ1n) is 7.77. The maximum Gasteiger partial charge on any atom is 0.343 e. The minimum absolute atomic E-state index is 0.288. The van der Waals surface area contributed by atoms with Gasteiger partial charge in [-0.3, -0.25) is 0 Å². The molecule has 0 aliphatic heterocycles. The van der Waals surface area contributed by atoms with Crippen molar-refractivity contribution in [2.45, 2.75) is 19.8 Å². The minimum atomic E-state index is -0.539. The molecule has 24 heavy (non-hydrogen) atoms. The Morgan fingerprint density at radius 3 is 2.17 bits per heavy atom. The van der Waals surface area contributed by atoms with Crippen molar-refractivity contribution in [1.82, 2.24) is 0 Å². The van der Waals surface area contributed by atoms with Crippen molar-refractivity contribution in [1.29, 1.82) is 0 Å². The smallest absolute Gasteiger partial charge is 0.343 e. The van der Waals surface area contributed by atoms with Crippen LogP contribution in [-0.4, -0.2) is 25.7 Å². The summed E-state index contributed by atoms with van der Waals surface area (Å²) in [5, 5.41) is 0. The first-order valence-corrected chi connectivity index (χ1v) is 7.77. The zero-order valence-electron chi connectivity index (χ0n) is 13.8. The molecule has 2 aromatic carbocycles. The van der Waals surface area contributed by atoms with E-state index in [9.17, 15) is 9.59 Å². The molecule has 0 N–H and O–H groups in total. The average Bonchev–Trinajstić information content (AvgIpc) is 2.62. The highest BCUT2D eigenvalue weighted by atomic mass is 16.5. The van der Waals surface area contributed by atoms with Gasteiger partial charge in [-0.05, 0) is 48.9 Å². The molecule has 5 nitrogen and oxygen atoms in total. The molecule has 2 rings (SSSR count). The van der Waals surface area contributed by atoms with Crippen LogP contribution in [0.25, 0.3) is 0 Å². The highest BCUT2D eigenvalue weighted by Gasteiger charge is 2.13. The van der Waals surface area contributed by atoms with Gasteiger partial charge in [0.05, 0.1) is 24.8 Å². The van der Waals surface area contributed by atoms with Gasteiger partial charge in [0.1, 0.15) is 11.5 Å².